The molecule has 2 atom stereocenters. The fourth-order valence-corrected chi connectivity index (χ4v) is 4.41. The second-order valence-electron chi connectivity index (χ2n) is 6.11. The van der Waals surface area contributed by atoms with E-state index in [1.807, 2.05) is 19.1 Å². The van der Waals surface area contributed by atoms with Crippen LogP contribution in [0.5, 0.6) is 5.75 Å². The Bertz CT molecular complexity index is 846. The first-order chi connectivity index (χ1) is 12.5. The predicted octanol–water partition coefficient (Wildman–Crippen LogP) is 2.67. The summed E-state index contributed by atoms with van der Waals surface area (Å²) in [5, 5.41) is 0.380. The quantitative estimate of drug-likeness (QED) is 0.778. The van der Waals surface area contributed by atoms with E-state index in [2.05, 4.69) is 9.71 Å². The van der Waals surface area contributed by atoms with E-state index in [1.54, 1.807) is 12.4 Å². The number of sulfonamides is 1. The minimum Gasteiger partial charge on any atom is -0.492 e. The number of aromatic nitrogens is 1. The molecule has 0 unspecified atom stereocenters. The first kappa shape index (κ1) is 19.1. The molecule has 1 fully saturated rings. The molecule has 1 aromatic heterocycles. The van der Waals surface area contributed by atoms with E-state index in [0.717, 1.165) is 12.0 Å². The van der Waals surface area contributed by atoms with Crippen LogP contribution in [0.1, 0.15) is 12.5 Å². The van der Waals surface area contributed by atoms with Gasteiger partial charge in [-0.15, -0.1) is 0 Å². The fourth-order valence-electron chi connectivity index (χ4n) is 2.94. The molecule has 0 bridgehead atoms. The lowest BCUT2D eigenvalue weighted by atomic mass is 9.96. The first-order valence-electron chi connectivity index (χ1n) is 8.41. The summed E-state index contributed by atoms with van der Waals surface area (Å²) in [6.45, 7) is 3.08. The van der Waals surface area contributed by atoms with Crippen molar-refractivity contribution in [2.24, 2.45) is 5.92 Å². The van der Waals surface area contributed by atoms with Gasteiger partial charge in [-0.25, -0.2) is 13.1 Å². The fraction of sp³-hybridized carbons (Fsp3) is 0.389. The number of nitrogens with zero attached hydrogens (tertiary/aromatic N) is 1. The second-order valence-corrected chi connectivity index (χ2v) is 8.23. The molecule has 1 aromatic carbocycles. The first-order valence-corrected chi connectivity index (χ1v) is 10.3. The van der Waals surface area contributed by atoms with Crippen molar-refractivity contribution in [3.05, 3.63) is 53.3 Å². The Labute approximate surface area is 158 Å². The normalized spacial score (nSPS) is 20.2. The summed E-state index contributed by atoms with van der Waals surface area (Å²) in [6.07, 6.45) is 4.18. The van der Waals surface area contributed by atoms with Gasteiger partial charge in [0.25, 0.3) is 0 Å². The van der Waals surface area contributed by atoms with Gasteiger partial charge in [-0.2, -0.15) is 0 Å². The lowest BCUT2D eigenvalue weighted by molar-refractivity contribution is 0.183. The zero-order chi connectivity index (χ0) is 18.6. The molecule has 140 valence electrons. The van der Waals surface area contributed by atoms with Gasteiger partial charge in [0.15, 0.2) is 0 Å². The van der Waals surface area contributed by atoms with E-state index >= 15 is 0 Å². The van der Waals surface area contributed by atoms with Gasteiger partial charge < -0.3 is 9.47 Å². The second kappa shape index (κ2) is 8.35. The highest BCUT2D eigenvalue weighted by molar-refractivity contribution is 7.89. The maximum atomic E-state index is 12.8. The molecule has 2 aromatic rings. The standard InChI is InChI=1S/C18H21ClN2O4S/c1-2-25-18-10-15(3-4-16(18)19)26(22,23)21-17-12-24-11-14(17)9-13-5-7-20-8-6-13/h3-8,10,14,17,21H,2,9,11-12H2,1H3/t14-,17-/m1/s1. The summed E-state index contributed by atoms with van der Waals surface area (Å²) >= 11 is 6.04. The van der Waals surface area contributed by atoms with Crippen LogP contribution in [0.15, 0.2) is 47.6 Å². The molecule has 1 saturated heterocycles. The molecule has 0 radical (unpaired) electrons. The van der Waals surface area contributed by atoms with Gasteiger partial charge in [-0.05, 0) is 43.2 Å². The zero-order valence-electron chi connectivity index (χ0n) is 14.4. The highest BCUT2D eigenvalue weighted by Gasteiger charge is 2.32. The molecule has 0 amide bonds. The highest BCUT2D eigenvalue weighted by atomic mass is 35.5. The van der Waals surface area contributed by atoms with Crippen molar-refractivity contribution in [3.8, 4) is 5.75 Å². The summed E-state index contributed by atoms with van der Waals surface area (Å²) in [5.41, 5.74) is 1.10. The maximum absolute atomic E-state index is 12.8. The molecule has 8 heteroatoms. The number of ether oxygens (including phenoxy) is 2. The molecular weight excluding hydrogens is 376 g/mol. The smallest absolute Gasteiger partial charge is 0.241 e. The van der Waals surface area contributed by atoms with E-state index < -0.39 is 10.0 Å². The van der Waals surface area contributed by atoms with Crippen molar-refractivity contribution in [1.82, 2.24) is 9.71 Å². The lowest BCUT2D eigenvalue weighted by Gasteiger charge is -2.19. The van der Waals surface area contributed by atoms with Crippen molar-refractivity contribution >= 4 is 21.6 Å². The molecule has 0 saturated carbocycles. The summed E-state index contributed by atoms with van der Waals surface area (Å²) < 4.78 is 39.2. The molecular formula is C18H21ClN2O4S. The van der Waals surface area contributed by atoms with Crippen molar-refractivity contribution in [3.63, 3.8) is 0 Å². The van der Waals surface area contributed by atoms with Crippen LogP contribution in [0.3, 0.4) is 0 Å². The van der Waals surface area contributed by atoms with Crippen LogP contribution in [-0.2, 0) is 21.2 Å². The monoisotopic (exact) mass is 396 g/mol. The zero-order valence-corrected chi connectivity index (χ0v) is 16.0. The Morgan fingerprint density at radius 2 is 2.04 bits per heavy atom. The van der Waals surface area contributed by atoms with Crippen molar-refractivity contribution < 1.29 is 17.9 Å². The number of nitrogens with one attached hydrogen (secondary N) is 1. The number of pyridine rings is 1. The number of hydrogen-bond acceptors (Lipinski definition) is 5. The van der Waals surface area contributed by atoms with Crippen molar-refractivity contribution in [1.29, 1.82) is 0 Å². The van der Waals surface area contributed by atoms with Gasteiger partial charge in [0.2, 0.25) is 10.0 Å². The van der Waals surface area contributed by atoms with Crippen LogP contribution in [0.25, 0.3) is 0 Å². The average molecular weight is 397 g/mol. The number of benzene rings is 1. The summed E-state index contributed by atoms with van der Waals surface area (Å²) in [4.78, 5) is 4.13. The van der Waals surface area contributed by atoms with Gasteiger partial charge in [-0.1, -0.05) is 11.6 Å². The van der Waals surface area contributed by atoms with Crippen molar-refractivity contribution in [2.45, 2.75) is 24.3 Å². The van der Waals surface area contributed by atoms with Gasteiger partial charge in [0.1, 0.15) is 5.75 Å². The van der Waals surface area contributed by atoms with Crippen LogP contribution in [0.2, 0.25) is 5.02 Å². The largest absolute Gasteiger partial charge is 0.492 e. The van der Waals surface area contributed by atoms with Crippen molar-refractivity contribution in [2.75, 3.05) is 19.8 Å². The summed E-state index contributed by atoms with van der Waals surface area (Å²) in [6, 6.07) is 8.01. The van der Waals surface area contributed by atoms with Crippen LogP contribution >= 0.6 is 11.6 Å². The van der Waals surface area contributed by atoms with Gasteiger partial charge in [0, 0.05) is 24.4 Å². The van der Waals surface area contributed by atoms with E-state index in [4.69, 9.17) is 21.1 Å². The Kier molecular flexibility index (Phi) is 6.13. The average Bonchev–Trinajstić information content (AvgIpc) is 3.04. The summed E-state index contributed by atoms with van der Waals surface area (Å²) in [7, 11) is -3.71. The van der Waals surface area contributed by atoms with Crippen LogP contribution < -0.4 is 9.46 Å². The molecule has 0 spiro atoms. The third-order valence-corrected chi connectivity index (χ3v) is 6.06. The Balaban J connectivity index is 1.75. The third kappa shape index (κ3) is 4.54. The predicted molar refractivity (Wildman–Crippen MR) is 99.0 cm³/mol. The minimum atomic E-state index is -3.71. The molecule has 1 aliphatic heterocycles. The maximum Gasteiger partial charge on any atom is 0.241 e. The number of hydrogen-bond donors (Lipinski definition) is 1. The van der Waals surface area contributed by atoms with Crippen LogP contribution in [-0.4, -0.2) is 39.3 Å². The Morgan fingerprint density at radius 3 is 2.77 bits per heavy atom. The molecule has 1 N–H and O–H groups in total. The third-order valence-electron chi connectivity index (χ3n) is 4.26. The topological polar surface area (TPSA) is 77.5 Å². The summed E-state index contributed by atoms with van der Waals surface area (Å²) in [5.74, 6) is 0.416. The van der Waals surface area contributed by atoms with Crippen LogP contribution in [0.4, 0.5) is 0 Å². The molecule has 2 heterocycles. The van der Waals surface area contributed by atoms with Gasteiger partial charge in [0.05, 0.1) is 35.8 Å². The molecule has 26 heavy (non-hydrogen) atoms. The molecule has 1 aliphatic rings. The van der Waals surface area contributed by atoms with E-state index in [0.29, 0.717) is 30.6 Å². The van der Waals surface area contributed by atoms with Crippen LogP contribution in [0, 0.1) is 5.92 Å². The van der Waals surface area contributed by atoms with Gasteiger partial charge in [-0.3, -0.25) is 4.98 Å². The molecule has 0 aliphatic carbocycles. The Morgan fingerprint density at radius 1 is 1.27 bits per heavy atom. The number of halogens is 1. The molecule has 6 nitrogen and oxygen atoms in total. The number of rotatable bonds is 7. The van der Waals surface area contributed by atoms with Gasteiger partial charge >= 0.3 is 0 Å². The minimum absolute atomic E-state index is 0.0610. The Hall–Kier alpha value is -1.67. The SMILES string of the molecule is CCOc1cc(S(=O)(=O)N[C@@H]2COC[C@H]2Cc2ccncc2)ccc1Cl. The van der Waals surface area contributed by atoms with E-state index in [1.165, 1.54) is 18.2 Å². The van der Waals surface area contributed by atoms with E-state index in [9.17, 15) is 8.42 Å². The van der Waals surface area contributed by atoms with E-state index in [-0.39, 0.29) is 16.9 Å². The molecule has 3 rings (SSSR count). The highest BCUT2D eigenvalue weighted by Crippen LogP contribution is 2.28. The lowest BCUT2D eigenvalue weighted by Crippen LogP contribution is -2.40.